The Bertz CT molecular complexity index is 1520. The van der Waals surface area contributed by atoms with E-state index in [4.69, 9.17) is 27.9 Å². The van der Waals surface area contributed by atoms with Crippen LogP contribution < -0.4 is 10.1 Å². The van der Waals surface area contributed by atoms with Crippen molar-refractivity contribution in [3.05, 3.63) is 105 Å². The summed E-state index contributed by atoms with van der Waals surface area (Å²) in [5.41, 5.74) is 6.55. The highest BCUT2D eigenvalue weighted by molar-refractivity contribution is 6.36. The summed E-state index contributed by atoms with van der Waals surface area (Å²) < 4.78 is 6.24. The molecule has 7 heteroatoms. The van der Waals surface area contributed by atoms with E-state index in [1.54, 1.807) is 18.2 Å². The highest BCUT2D eigenvalue weighted by Gasteiger charge is 2.42. The lowest BCUT2D eigenvalue weighted by Crippen LogP contribution is -2.37. The van der Waals surface area contributed by atoms with Gasteiger partial charge in [0.2, 0.25) is 5.91 Å². The smallest absolute Gasteiger partial charge is 0.246 e. The van der Waals surface area contributed by atoms with Crippen LogP contribution in [0.4, 0.5) is 0 Å². The van der Waals surface area contributed by atoms with Gasteiger partial charge in [-0.2, -0.15) is 0 Å². The summed E-state index contributed by atoms with van der Waals surface area (Å²) in [7, 11) is 0. The monoisotopic (exact) mass is 602 g/mol. The van der Waals surface area contributed by atoms with Gasteiger partial charge < -0.3 is 20.1 Å². The van der Waals surface area contributed by atoms with Crippen LogP contribution in [-0.2, 0) is 11.2 Å². The van der Waals surface area contributed by atoms with Crippen molar-refractivity contribution in [2.75, 3.05) is 26.2 Å². The first kappa shape index (κ1) is 28.9. The number of allylic oxidation sites excluding steroid dienone is 1. The van der Waals surface area contributed by atoms with Gasteiger partial charge in [0.05, 0.1) is 5.54 Å². The number of aromatic hydroxyl groups is 1. The number of carbonyl (C=O) groups excluding carboxylic acids is 1. The molecule has 1 amide bonds. The summed E-state index contributed by atoms with van der Waals surface area (Å²) in [6.07, 6.45) is 10.6. The minimum absolute atomic E-state index is 0.0387. The van der Waals surface area contributed by atoms with Crippen molar-refractivity contribution in [3.63, 3.8) is 0 Å². The number of hydrogen-bond donors (Lipinski definition) is 2. The maximum atomic E-state index is 12.2. The van der Waals surface area contributed by atoms with E-state index in [9.17, 15) is 9.90 Å². The standard InChI is InChI=1S/C35H36Cl2N2O3/c36-26-10-14-30(32(37)22-26)31-6-3-5-25-21-27(40)11-15-29(25)34(31)24-8-12-28(13-9-24)42-23-35(16-17-35)38-18-4-7-33(41)39-19-1-2-20-39/h4,7-15,21-22,38,40H,1-3,5-6,16-20,23H2/b7-4+. The van der Waals surface area contributed by atoms with Gasteiger partial charge in [-0.3, -0.25) is 4.79 Å². The van der Waals surface area contributed by atoms with Crippen molar-refractivity contribution in [3.8, 4) is 11.5 Å². The molecule has 0 unspecified atom stereocenters. The molecule has 2 N–H and O–H groups in total. The summed E-state index contributed by atoms with van der Waals surface area (Å²) in [4.78, 5) is 14.1. The molecule has 0 aromatic heterocycles. The number of nitrogens with one attached hydrogen (secondary N) is 1. The lowest BCUT2D eigenvalue weighted by Gasteiger charge is -2.19. The quantitative estimate of drug-likeness (QED) is 0.247. The second-order valence-corrected chi connectivity index (χ2v) is 12.4. The Hall–Kier alpha value is -3.25. The maximum Gasteiger partial charge on any atom is 0.246 e. The molecule has 0 bridgehead atoms. The third-order valence-corrected chi connectivity index (χ3v) is 9.12. The van der Waals surface area contributed by atoms with Crippen molar-refractivity contribution in [2.24, 2.45) is 0 Å². The Balaban J connectivity index is 1.18. The molecular formula is C35H36Cl2N2O3. The highest BCUT2D eigenvalue weighted by Crippen LogP contribution is 2.43. The van der Waals surface area contributed by atoms with Crippen LogP contribution >= 0.6 is 23.2 Å². The number of benzene rings is 3. The van der Waals surface area contributed by atoms with Crippen LogP contribution in [0.3, 0.4) is 0 Å². The van der Waals surface area contributed by atoms with E-state index < -0.39 is 0 Å². The van der Waals surface area contributed by atoms with Crippen LogP contribution in [0.25, 0.3) is 11.1 Å². The lowest BCUT2D eigenvalue weighted by molar-refractivity contribution is -0.125. The number of nitrogens with zero attached hydrogens (tertiary/aromatic N) is 1. The average molecular weight is 604 g/mol. The molecule has 0 radical (unpaired) electrons. The zero-order valence-corrected chi connectivity index (χ0v) is 25.2. The van der Waals surface area contributed by atoms with Gasteiger partial charge in [-0.25, -0.2) is 0 Å². The summed E-state index contributed by atoms with van der Waals surface area (Å²) >= 11 is 12.9. The van der Waals surface area contributed by atoms with Crippen LogP contribution in [0, 0.1) is 0 Å². The molecule has 1 aliphatic heterocycles. The number of halogens is 2. The van der Waals surface area contributed by atoms with Crippen LogP contribution in [0.1, 0.15) is 60.8 Å². The van der Waals surface area contributed by atoms with Gasteiger partial charge >= 0.3 is 0 Å². The molecule has 2 aliphatic carbocycles. The van der Waals surface area contributed by atoms with Crippen molar-refractivity contribution in [1.82, 2.24) is 10.2 Å². The second kappa shape index (κ2) is 12.5. The highest BCUT2D eigenvalue weighted by atomic mass is 35.5. The maximum absolute atomic E-state index is 12.2. The molecule has 1 heterocycles. The number of hydrogen-bond acceptors (Lipinski definition) is 4. The molecular weight excluding hydrogens is 567 g/mol. The van der Waals surface area contributed by atoms with Gasteiger partial charge in [-0.15, -0.1) is 0 Å². The third kappa shape index (κ3) is 6.54. The molecule has 1 saturated heterocycles. The number of fused-ring (bicyclic) bond motifs is 1. The predicted molar refractivity (Wildman–Crippen MR) is 170 cm³/mol. The van der Waals surface area contributed by atoms with E-state index >= 15 is 0 Å². The number of phenols is 1. The molecule has 3 aliphatic rings. The first-order chi connectivity index (χ1) is 20.4. The van der Waals surface area contributed by atoms with E-state index in [1.165, 1.54) is 5.57 Å². The number of carbonyl (C=O) groups is 1. The van der Waals surface area contributed by atoms with Crippen LogP contribution in [0.2, 0.25) is 10.0 Å². The third-order valence-electron chi connectivity index (χ3n) is 8.57. The van der Waals surface area contributed by atoms with E-state index in [1.807, 2.05) is 47.4 Å². The Morgan fingerprint density at radius 2 is 1.71 bits per heavy atom. The van der Waals surface area contributed by atoms with E-state index in [0.717, 1.165) is 91.6 Å². The first-order valence-corrected chi connectivity index (χ1v) is 15.6. The van der Waals surface area contributed by atoms with Gasteiger partial charge in [0.1, 0.15) is 18.1 Å². The van der Waals surface area contributed by atoms with Crippen molar-refractivity contribution in [2.45, 2.75) is 50.5 Å². The number of rotatable bonds is 9. The topological polar surface area (TPSA) is 61.8 Å². The summed E-state index contributed by atoms with van der Waals surface area (Å²) in [5.74, 6) is 1.21. The Labute approximate surface area is 257 Å². The summed E-state index contributed by atoms with van der Waals surface area (Å²) in [6, 6.07) is 19.6. The summed E-state index contributed by atoms with van der Waals surface area (Å²) in [5, 5.41) is 15.0. The van der Waals surface area contributed by atoms with Gasteiger partial charge in [0, 0.05) is 35.8 Å². The number of aryl methyl sites for hydroxylation is 1. The van der Waals surface area contributed by atoms with Gasteiger partial charge in [0.15, 0.2) is 0 Å². The largest absolute Gasteiger partial charge is 0.508 e. The molecule has 6 rings (SSSR count). The van der Waals surface area contributed by atoms with Gasteiger partial charge in [0.25, 0.3) is 0 Å². The van der Waals surface area contributed by atoms with Crippen LogP contribution in [0.5, 0.6) is 11.5 Å². The normalized spacial score (nSPS) is 17.8. The Morgan fingerprint density at radius 1 is 0.952 bits per heavy atom. The van der Waals surface area contributed by atoms with Crippen molar-refractivity contribution >= 4 is 40.3 Å². The fraction of sp³-hybridized carbons (Fsp3) is 0.343. The Kier molecular flexibility index (Phi) is 8.62. The fourth-order valence-electron chi connectivity index (χ4n) is 6.05. The molecule has 5 nitrogen and oxygen atoms in total. The first-order valence-electron chi connectivity index (χ1n) is 14.9. The number of amides is 1. The van der Waals surface area contributed by atoms with E-state index in [2.05, 4.69) is 17.4 Å². The van der Waals surface area contributed by atoms with E-state index in [-0.39, 0.29) is 17.2 Å². The van der Waals surface area contributed by atoms with Crippen molar-refractivity contribution < 1.29 is 14.6 Å². The van der Waals surface area contributed by atoms with Crippen LogP contribution in [0.15, 0.2) is 72.8 Å². The minimum atomic E-state index is -0.0387. The summed E-state index contributed by atoms with van der Waals surface area (Å²) in [6.45, 7) is 2.98. The molecule has 3 aromatic rings. The lowest BCUT2D eigenvalue weighted by atomic mass is 9.88. The number of ether oxygens (including phenoxy) is 1. The average Bonchev–Trinajstić information content (AvgIpc) is 3.59. The fourth-order valence-corrected chi connectivity index (χ4v) is 6.57. The Morgan fingerprint density at radius 3 is 2.45 bits per heavy atom. The number of phenolic OH excluding ortho intramolecular Hbond substituents is 1. The van der Waals surface area contributed by atoms with Gasteiger partial charge in [-0.1, -0.05) is 53.5 Å². The molecule has 0 spiro atoms. The molecule has 2 fully saturated rings. The van der Waals surface area contributed by atoms with Gasteiger partial charge in [-0.05, 0) is 115 Å². The molecule has 218 valence electrons. The zero-order chi connectivity index (χ0) is 29.1. The molecule has 42 heavy (non-hydrogen) atoms. The molecule has 1 saturated carbocycles. The predicted octanol–water partition coefficient (Wildman–Crippen LogP) is 7.67. The minimum Gasteiger partial charge on any atom is -0.508 e. The van der Waals surface area contributed by atoms with Crippen molar-refractivity contribution in [1.29, 1.82) is 0 Å². The molecule has 0 atom stereocenters. The molecule has 3 aromatic carbocycles. The van der Waals surface area contributed by atoms with Crippen LogP contribution in [-0.4, -0.2) is 47.7 Å². The zero-order valence-electron chi connectivity index (χ0n) is 23.7. The van der Waals surface area contributed by atoms with E-state index in [0.29, 0.717) is 23.2 Å². The second-order valence-electron chi connectivity index (χ2n) is 11.6. The number of likely N-dealkylation sites (tertiary alicyclic amines) is 1. The SMILES string of the molecule is O=C(/C=C/CNC1(COc2ccc(C3=C(c4ccc(Cl)cc4Cl)CCCc4cc(O)ccc43)cc2)CC1)N1CCCC1.